The van der Waals surface area contributed by atoms with Crippen LogP contribution in [0, 0.1) is 119 Å². The van der Waals surface area contributed by atoms with Gasteiger partial charge >= 0.3 is 0 Å². The third-order valence-electron chi connectivity index (χ3n) is 15.2. The molecule has 0 saturated heterocycles. The third-order valence-corrected chi connectivity index (χ3v) is 15.2. The van der Waals surface area contributed by atoms with E-state index in [0.29, 0.717) is 116 Å². The molecule has 0 bridgehead atoms. The van der Waals surface area contributed by atoms with Crippen molar-refractivity contribution < 1.29 is 0 Å². The average Bonchev–Trinajstić information content (AvgIpc) is 1.81. The summed E-state index contributed by atoms with van der Waals surface area (Å²) in [6.07, 6.45) is 1.64. The number of rotatable bonds is 7. The Hall–Kier alpha value is -14.9. The fraction of sp³-hybridized carbons (Fsp3) is 0. The summed E-state index contributed by atoms with van der Waals surface area (Å²) in [4.78, 5) is 26.8. The zero-order chi connectivity index (χ0) is 61.5. The first kappa shape index (κ1) is 53.7. The van der Waals surface area contributed by atoms with E-state index in [4.69, 9.17) is 44.4 Å². The molecule has 88 heavy (non-hydrogen) atoms. The standard InChI is InChI=1S/C72H26N16/c1-80-51-24-48(37-77)69(49(25-51)38-78)43-8-15-66-56(27-43)57-29-45(71-50(39-79)26-52(81-2)31-63(71)85-6)10-16-67(57)88(66)68-12-7-40(33-73)20-58(68)59-32-53(17-18-86-59)87-64-13-9-44(70-47(36-76)19-41(34-74)21-60(70)82-3)28-54(64)55-30-46(11-14-65(55)87)72-61(83-4)22-42(35-75)23-62(72)84-5/h7-32H. The molecule has 0 unspecified atom stereocenters. The van der Waals surface area contributed by atoms with Crippen LogP contribution in [0.5, 0.6) is 0 Å². The zero-order valence-corrected chi connectivity index (χ0v) is 45.2. The van der Waals surface area contributed by atoms with E-state index in [0.717, 1.165) is 0 Å². The molecule has 0 atom stereocenters. The summed E-state index contributed by atoms with van der Waals surface area (Å²) in [6, 6.07) is 57.3. The van der Waals surface area contributed by atoms with E-state index < -0.39 is 0 Å². The Kier molecular flexibility index (Phi) is 13.1. The van der Waals surface area contributed by atoms with Crippen molar-refractivity contribution in [2.75, 3.05) is 0 Å². The van der Waals surface area contributed by atoms with Crippen molar-refractivity contribution in [3.63, 3.8) is 0 Å². The first-order chi connectivity index (χ1) is 43.0. The minimum Gasteiger partial charge on any atom is -0.309 e. The van der Waals surface area contributed by atoms with Gasteiger partial charge in [0, 0.05) is 72.4 Å². The predicted molar refractivity (Wildman–Crippen MR) is 331 cm³/mol. The second kappa shape index (κ2) is 21.5. The van der Waals surface area contributed by atoms with Crippen molar-refractivity contribution in [1.82, 2.24) is 14.1 Å². The fourth-order valence-electron chi connectivity index (χ4n) is 11.6. The second-order valence-electron chi connectivity index (χ2n) is 19.8. The molecule has 12 aromatic rings. The molecule has 0 aliphatic heterocycles. The summed E-state index contributed by atoms with van der Waals surface area (Å²) in [5, 5.41) is 74.3. The van der Waals surface area contributed by atoms with Crippen LogP contribution in [0.4, 0.5) is 34.1 Å². The highest BCUT2D eigenvalue weighted by atomic mass is 15.0. The van der Waals surface area contributed by atoms with Gasteiger partial charge in [-0.1, -0.05) is 30.3 Å². The number of nitriles is 7. The van der Waals surface area contributed by atoms with Crippen LogP contribution in [0.2, 0.25) is 0 Å². The lowest BCUT2D eigenvalue weighted by atomic mass is 9.93. The van der Waals surface area contributed by atoms with Crippen LogP contribution in [0.15, 0.2) is 158 Å². The SMILES string of the molecule is [C-]#[N+]c1cc(C#N)c(-c2ccc3c(c2)c2cc(-c4c(C#N)cc([N+]#[C-])cc4[N+]#[C-])ccc2n3-c2ccc(C#N)cc2-c2cc(-n3c4ccc(-c5c(C#N)cc(C#N)cc5[N+]#[C-])cc4c4cc(-c5c([N+]#[C-])cc(C#N)cc5[N+]#[C-])ccc43)ccn2)c(C#N)c1. The van der Waals surface area contributed by atoms with Crippen molar-refractivity contribution in [2.24, 2.45) is 0 Å². The molecule has 0 N–H and O–H groups in total. The molecule has 394 valence electrons. The molecule has 0 saturated carbocycles. The maximum Gasteiger partial charge on any atom is 0.197 e. The molecule has 0 aliphatic carbocycles. The van der Waals surface area contributed by atoms with E-state index in [9.17, 15) is 36.8 Å². The number of nitrogens with zero attached hydrogens (tertiary/aromatic N) is 16. The Balaban J connectivity index is 1.12. The molecule has 0 aliphatic rings. The molecule has 3 heterocycles. The van der Waals surface area contributed by atoms with E-state index >= 15 is 0 Å². The third kappa shape index (κ3) is 8.55. The van der Waals surface area contributed by atoms with E-state index in [1.165, 1.54) is 48.5 Å². The zero-order valence-electron chi connectivity index (χ0n) is 45.2. The molecule has 12 rings (SSSR count). The van der Waals surface area contributed by atoms with Crippen LogP contribution >= 0.6 is 0 Å². The van der Waals surface area contributed by atoms with Crippen molar-refractivity contribution >= 4 is 77.7 Å². The Labute approximate surface area is 501 Å². The predicted octanol–water partition coefficient (Wildman–Crippen LogP) is 18.0. The average molecular weight is 1120 g/mol. The van der Waals surface area contributed by atoms with Gasteiger partial charge in [0.1, 0.15) is 0 Å². The van der Waals surface area contributed by atoms with Gasteiger partial charge in [0.05, 0.1) is 138 Å². The monoisotopic (exact) mass is 1110 g/mol. The van der Waals surface area contributed by atoms with E-state index in [2.05, 4.69) is 59.4 Å². The molecule has 9 aromatic carbocycles. The fourth-order valence-corrected chi connectivity index (χ4v) is 11.6. The number of aromatic nitrogens is 3. The normalized spacial score (nSPS) is 10.4. The summed E-state index contributed by atoms with van der Waals surface area (Å²) >= 11 is 0. The highest BCUT2D eigenvalue weighted by Crippen LogP contribution is 2.47. The van der Waals surface area contributed by atoms with Gasteiger partial charge in [0.15, 0.2) is 34.1 Å². The lowest BCUT2D eigenvalue weighted by Gasteiger charge is -2.16. The number of fused-ring (bicyclic) bond motifs is 6. The van der Waals surface area contributed by atoms with E-state index in [1.807, 2.05) is 81.9 Å². The van der Waals surface area contributed by atoms with Crippen LogP contribution < -0.4 is 0 Å². The summed E-state index contributed by atoms with van der Waals surface area (Å²) in [5.41, 5.74) is 9.73. The quantitative estimate of drug-likeness (QED) is 0.140. The minimum atomic E-state index is 0.0963. The Morgan fingerprint density at radius 2 is 0.727 bits per heavy atom. The highest BCUT2D eigenvalue weighted by molar-refractivity contribution is 6.15. The van der Waals surface area contributed by atoms with Crippen LogP contribution in [0.3, 0.4) is 0 Å². The topological polar surface area (TPSA) is 215 Å². The number of hydrogen-bond acceptors (Lipinski definition) is 8. The van der Waals surface area contributed by atoms with Gasteiger partial charge in [0.2, 0.25) is 0 Å². The van der Waals surface area contributed by atoms with Crippen molar-refractivity contribution in [3.05, 3.63) is 265 Å². The summed E-state index contributed by atoms with van der Waals surface area (Å²) in [7, 11) is 0. The molecule has 0 spiro atoms. The number of benzene rings is 9. The molecule has 16 nitrogen and oxygen atoms in total. The van der Waals surface area contributed by atoms with Crippen LogP contribution in [0.1, 0.15) is 38.9 Å². The van der Waals surface area contributed by atoms with E-state index in [-0.39, 0.29) is 67.5 Å². The maximum absolute atomic E-state index is 10.5. The molecule has 0 amide bonds. The molecule has 16 heteroatoms. The lowest BCUT2D eigenvalue weighted by Crippen LogP contribution is -2.01. The second-order valence-corrected chi connectivity index (χ2v) is 19.8. The van der Waals surface area contributed by atoms with Crippen LogP contribution in [-0.2, 0) is 0 Å². The van der Waals surface area contributed by atoms with Gasteiger partial charge in [-0.3, -0.25) is 4.98 Å². The maximum atomic E-state index is 10.5. The van der Waals surface area contributed by atoms with Crippen molar-refractivity contribution in [2.45, 2.75) is 0 Å². The molecule has 0 fully saturated rings. The first-order valence-corrected chi connectivity index (χ1v) is 26.1. The molecule has 3 aromatic heterocycles. The summed E-state index contributed by atoms with van der Waals surface area (Å²) in [5.74, 6) is 0. The Morgan fingerprint density at radius 3 is 1.18 bits per heavy atom. The van der Waals surface area contributed by atoms with Gasteiger partial charge in [-0.15, -0.1) is 0 Å². The lowest BCUT2D eigenvalue weighted by molar-refractivity contribution is 1.14. The largest absolute Gasteiger partial charge is 0.309 e. The minimum absolute atomic E-state index is 0.0963. The smallest absolute Gasteiger partial charge is 0.197 e. The van der Waals surface area contributed by atoms with Crippen LogP contribution in [-0.4, -0.2) is 14.1 Å². The van der Waals surface area contributed by atoms with Gasteiger partial charge in [-0.2, -0.15) is 36.8 Å². The molecule has 0 radical (unpaired) electrons. The molecular weight excluding hydrogens is 1090 g/mol. The van der Waals surface area contributed by atoms with Gasteiger partial charge < -0.3 is 9.13 Å². The van der Waals surface area contributed by atoms with Crippen molar-refractivity contribution in [3.8, 4) is 110 Å². The molecular formula is C72H26N16. The number of pyridine rings is 1. The Morgan fingerprint density at radius 1 is 0.330 bits per heavy atom. The van der Waals surface area contributed by atoms with Gasteiger partial charge in [0.25, 0.3) is 0 Å². The number of hydrogen-bond donors (Lipinski definition) is 0. The highest BCUT2D eigenvalue weighted by Gasteiger charge is 2.25. The first-order valence-electron chi connectivity index (χ1n) is 26.1. The summed E-state index contributed by atoms with van der Waals surface area (Å²) in [6.45, 7) is 47.7. The van der Waals surface area contributed by atoms with E-state index in [1.54, 1.807) is 48.7 Å². The van der Waals surface area contributed by atoms with Gasteiger partial charge in [-0.05, 0) is 149 Å². The van der Waals surface area contributed by atoms with Gasteiger partial charge in [-0.25, -0.2) is 29.1 Å². The van der Waals surface area contributed by atoms with Crippen LogP contribution in [0.25, 0.3) is 140 Å². The summed E-state index contributed by atoms with van der Waals surface area (Å²) < 4.78 is 3.99. The Bertz CT molecular complexity index is 5380. The van der Waals surface area contributed by atoms with Crippen molar-refractivity contribution in [1.29, 1.82) is 36.8 Å².